The Bertz CT molecular complexity index is 391. The number of hydrogen-bond donors (Lipinski definition) is 1. The Labute approximate surface area is 89.5 Å². The van der Waals surface area contributed by atoms with Gasteiger partial charge in [0, 0.05) is 13.1 Å². The van der Waals surface area contributed by atoms with Gasteiger partial charge in [0.25, 0.3) is 10.0 Å². The molecule has 0 bridgehead atoms. The summed E-state index contributed by atoms with van der Waals surface area (Å²) < 4.78 is 25.7. The summed E-state index contributed by atoms with van der Waals surface area (Å²) in [6.07, 6.45) is 5.61. The van der Waals surface area contributed by atoms with Crippen LogP contribution in [0.4, 0.5) is 0 Å². The first-order valence-electron chi connectivity index (χ1n) is 5.21. The van der Waals surface area contributed by atoms with E-state index in [1.54, 1.807) is 4.31 Å². The number of nitrogens with one attached hydrogen (secondary N) is 1. The molecule has 84 valence electrons. The van der Waals surface area contributed by atoms with Gasteiger partial charge in [0.1, 0.15) is 0 Å². The minimum Gasteiger partial charge on any atom is -0.266 e. The van der Waals surface area contributed by atoms with Gasteiger partial charge < -0.3 is 0 Å². The molecule has 1 aliphatic heterocycles. The van der Waals surface area contributed by atoms with Crippen LogP contribution in [0.2, 0.25) is 0 Å². The summed E-state index contributed by atoms with van der Waals surface area (Å²) >= 11 is 0. The fourth-order valence-corrected chi connectivity index (χ4v) is 3.23. The van der Waals surface area contributed by atoms with Crippen LogP contribution in [0, 0.1) is 0 Å². The summed E-state index contributed by atoms with van der Waals surface area (Å²) in [7, 11) is -3.33. The lowest BCUT2D eigenvalue weighted by Crippen LogP contribution is -2.32. The molecule has 0 aromatic carbocycles. The van der Waals surface area contributed by atoms with Gasteiger partial charge >= 0.3 is 0 Å². The molecule has 0 spiro atoms. The molecular weight excluding hydrogens is 214 g/mol. The molecule has 1 N–H and O–H groups in total. The number of nitrogens with zero attached hydrogens (tertiary/aromatic N) is 2. The molecule has 1 fully saturated rings. The normalized spacial score (nSPS) is 20.0. The van der Waals surface area contributed by atoms with E-state index in [9.17, 15) is 8.42 Å². The zero-order valence-corrected chi connectivity index (χ0v) is 9.33. The lowest BCUT2D eigenvalue weighted by atomic mass is 10.2. The highest BCUT2D eigenvalue weighted by Gasteiger charge is 2.25. The molecule has 2 rings (SSSR count). The Balaban J connectivity index is 2.21. The van der Waals surface area contributed by atoms with Gasteiger partial charge in [0.15, 0.2) is 5.03 Å². The van der Waals surface area contributed by atoms with E-state index in [4.69, 9.17) is 0 Å². The standard InChI is InChI=1S/C9H15N3O2S/c13-15(14,9-5-6-10-11-9)12-7-3-1-2-4-8-12/h5-6H,1-4,7-8H2,(H,10,11). The van der Waals surface area contributed by atoms with Crippen LogP contribution >= 0.6 is 0 Å². The summed E-state index contributed by atoms with van der Waals surface area (Å²) in [5.41, 5.74) is 0. The first kappa shape index (κ1) is 10.6. The van der Waals surface area contributed by atoms with E-state index >= 15 is 0 Å². The van der Waals surface area contributed by atoms with Crippen LogP contribution in [0.3, 0.4) is 0 Å². The van der Waals surface area contributed by atoms with E-state index in [1.807, 2.05) is 0 Å². The third-order valence-corrected chi connectivity index (χ3v) is 4.49. The fraction of sp³-hybridized carbons (Fsp3) is 0.667. The van der Waals surface area contributed by atoms with Gasteiger partial charge in [-0.15, -0.1) is 0 Å². The van der Waals surface area contributed by atoms with Crippen molar-refractivity contribution in [2.24, 2.45) is 0 Å². The van der Waals surface area contributed by atoms with E-state index in [0.717, 1.165) is 25.7 Å². The molecule has 2 heterocycles. The molecule has 6 heteroatoms. The predicted octanol–water partition coefficient (Wildman–Crippen LogP) is 0.974. The second-order valence-electron chi connectivity index (χ2n) is 3.74. The maximum absolute atomic E-state index is 12.1. The average Bonchev–Trinajstić information content (AvgIpc) is 2.61. The zero-order chi connectivity index (χ0) is 10.7. The van der Waals surface area contributed by atoms with Gasteiger partial charge in [-0.2, -0.15) is 9.40 Å². The molecule has 0 unspecified atom stereocenters. The molecule has 0 radical (unpaired) electrons. The van der Waals surface area contributed by atoms with Crippen LogP contribution in [-0.4, -0.2) is 36.0 Å². The molecular formula is C9H15N3O2S. The quantitative estimate of drug-likeness (QED) is 0.822. The second kappa shape index (κ2) is 4.32. The van der Waals surface area contributed by atoms with Crippen molar-refractivity contribution in [1.29, 1.82) is 0 Å². The van der Waals surface area contributed by atoms with Crippen LogP contribution in [0.5, 0.6) is 0 Å². The number of aromatic nitrogens is 2. The number of aromatic amines is 1. The Kier molecular flexibility index (Phi) is 3.06. The molecule has 5 nitrogen and oxygen atoms in total. The molecule has 0 amide bonds. The molecule has 0 atom stereocenters. The summed E-state index contributed by atoms with van der Waals surface area (Å²) in [6, 6.07) is 1.50. The number of hydrogen-bond acceptors (Lipinski definition) is 3. The largest absolute Gasteiger partial charge is 0.266 e. The first-order chi connectivity index (χ1) is 7.21. The highest BCUT2D eigenvalue weighted by atomic mass is 32.2. The van der Waals surface area contributed by atoms with Gasteiger partial charge in [-0.1, -0.05) is 12.8 Å². The minimum absolute atomic E-state index is 0.199. The second-order valence-corrected chi connectivity index (χ2v) is 5.65. The third kappa shape index (κ3) is 2.21. The van der Waals surface area contributed by atoms with Crippen molar-refractivity contribution in [2.45, 2.75) is 30.7 Å². The van der Waals surface area contributed by atoms with Crippen molar-refractivity contribution < 1.29 is 8.42 Å². The summed E-state index contributed by atoms with van der Waals surface area (Å²) in [5, 5.41) is 6.39. The number of sulfonamides is 1. The van der Waals surface area contributed by atoms with Crippen LogP contribution in [0.15, 0.2) is 17.3 Å². The van der Waals surface area contributed by atoms with Crippen molar-refractivity contribution in [1.82, 2.24) is 14.5 Å². The molecule has 1 aromatic rings. The predicted molar refractivity (Wildman–Crippen MR) is 55.8 cm³/mol. The van der Waals surface area contributed by atoms with E-state index in [1.165, 1.54) is 12.3 Å². The van der Waals surface area contributed by atoms with Crippen LogP contribution in [0.1, 0.15) is 25.7 Å². The van der Waals surface area contributed by atoms with Crippen molar-refractivity contribution in [3.05, 3.63) is 12.3 Å². The highest BCUT2D eigenvalue weighted by molar-refractivity contribution is 7.89. The Morgan fingerprint density at radius 3 is 2.40 bits per heavy atom. The van der Waals surface area contributed by atoms with E-state index in [0.29, 0.717) is 13.1 Å². The van der Waals surface area contributed by atoms with Crippen LogP contribution in [-0.2, 0) is 10.0 Å². The van der Waals surface area contributed by atoms with Crippen LogP contribution in [0.25, 0.3) is 0 Å². The average molecular weight is 229 g/mol. The maximum atomic E-state index is 12.1. The van der Waals surface area contributed by atoms with Gasteiger partial charge in [0.05, 0.1) is 6.20 Å². The molecule has 1 saturated heterocycles. The van der Waals surface area contributed by atoms with E-state index in [2.05, 4.69) is 10.2 Å². The van der Waals surface area contributed by atoms with E-state index < -0.39 is 10.0 Å². The van der Waals surface area contributed by atoms with Gasteiger partial charge in [-0.25, -0.2) is 8.42 Å². The SMILES string of the molecule is O=S(=O)(c1ccn[nH]1)N1CCCCCC1. The van der Waals surface area contributed by atoms with Crippen LogP contribution < -0.4 is 0 Å². The Hall–Kier alpha value is -0.880. The smallest absolute Gasteiger partial charge is 0.259 e. The van der Waals surface area contributed by atoms with Crippen molar-refractivity contribution in [3.63, 3.8) is 0 Å². The zero-order valence-electron chi connectivity index (χ0n) is 8.52. The Morgan fingerprint density at radius 2 is 1.87 bits per heavy atom. The summed E-state index contributed by atoms with van der Waals surface area (Å²) in [5.74, 6) is 0. The van der Waals surface area contributed by atoms with Gasteiger partial charge in [-0.05, 0) is 18.9 Å². The maximum Gasteiger partial charge on any atom is 0.259 e. The van der Waals surface area contributed by atoms with Crippen molar-refractivity contribution in [2.75, 3.05) is 13.1 Å². The Morgan fingerprint density at radius 1 is 1.20 bits per heavy atom. The van der Waals surface area contributed by atoms with E-state index in [-0.39, 0.29) is 5.03 Å². The molecule has 15 heavy (non-hydrogen) atoms. The van der Waals surface area contributed by atoms with Gasteiger partial charge in [-0.3, -0.25) is 5.10 Å². The van der Waals surface area contributed by atoms with Gasteiger partial charge in [0.2, 0.25) is 0 Å². The summed E-state index contributed by atoms with van der Waals surface area (Å²) in [4.78, 5) is 0. The fourth-order valence-electron chi connectivity index (χ4n) is 1.81. The molecule has 1 aliphatic rings. The molecule has 0 aliphatic carbocycles. The third-order valence-electron chi connectivity index (χ3n) is 2.66. The monoisotopic (exact) mass is 229 g/mol. The minimum atomic E-state index is -3.33. The highest BCUT2D eigenvalue weighted by Crippen LogP contribution is 2.17. The number of H-pyrrole nitrogens is 1. The molecule has 1 aromatic heterocycles. The summed E-state index contributed by atoms with van der Waals surface area (Å²) in [6.45, 7) is 1.25. The lowest BCUT2D eigenvalue weighted by Gasteiger charge is -2.18. The van der Waals surface area contributed by atoms with Crippen molar-refractivity contribution in [3.8, 4) is 0 Å². The topological polar surface area (TPSA) is 66.1 Å². The first-order valence-corrected chi connectivity index (χ1v) is 6.65. The number of rotatable bonds is 2. The molecule has 0 saturated carbocycles. The lowest BCUT2D eigenvalue weighted by molar-refractivity contribution is 0.421. The van der Waals surface area contributed by atoms with Crippen molar-refractivity contribution >= 4 is 10.0 Å².